The number of hydrogen-bond acceptors (Lipinski definition) is 2. The summed E-state index contributed by atoms with van der Waals surface area (Å²) in [6, 6.07) is 8.30. The molecule has 2 rings (SSSR count). The Bertz CT molecular complexity index is 308. The quantitative estimate of drug-likeness (QED) is 0.770. The van der Waals surface area contributed by atoms with Crippen LogP contribution in [0.25, 0.3) is 0 Å². The van der Waals surface area contributed by atoms with Crippen molar-refractivity contribution in [3.8, 4) is 0 Å². The summed E-state index contributed by atoms with van der Waals surface area (Å²) in [5.74, 6) is 0. The minimum absolute atomic E-state index is 0.143. The van der Waals surface area contributed by atoms with Gasteiger partial charge in [-0.3, -0.25) is 0 Å². The van der Waals surface area contributed by atoms with Gasteiger partial charge in [-0.25, -0.2) is 0 Å². The standard InChI is InChI=1S/C11H14ClNO/c1-8-7-14-11(6-13-8)9-3-2-4-10(12)5-9/h2-5,8,11,13H,6-7H2,1H3/t8-,11-/m0/s1. The Morgan fingerprint density at radius 2 is 2.36 bits per heavy atom. The van der Waals surface area contributed by atoms with Crippen molar-refractivity contribution in [3.05, 3.63) is 34.9 Å². The zero-order valence-corrected chi connectivity index (χ0v) is 8.92. The maximum absolute atomic E-state index is 5.92. The SMILES string of the molecule is C[C@H]1CO[C@H](c2cccc(Cl)c2)CN1. The zero-order chi connectivity index (χ0) is 9.97. The van der Waals surface area contributed by atoms with Crippen LogP contribution in [0.5, 0.6) is 0 Å². The van der Waals surface area contributed by atoms with Gasteiger partial charge >= 0.3 is 0 Å². The molecule has 1 saturated heterocycles. The normalized spacial score (nSPS) is 27.6. The zero-order valence-electron chi connectivity index (χ0n) is 8.16. The van der Waals surface area contributed by atoms with E-state index in [1.54, 1.807) is 0 Å². The van der Waals surface area contributed by atoms with E-state index in [4.69, 9.17) is 16.3 Å². The molecule has 2 nitrogen and oxygen atoms in total. The molecule has 1 aliphatic heterocycles. The molecule has 0 saturated carbocycles. The van der Waals surface area contributed by atoms with E-state index in [9.17, 15) is 0 Å². The first-order chi connectivity index (χ1) is 6.75. The third-order valence-corrected chi connectivity index (χ3v) is 2.65. The molecule has 14 heavy (non-hydrogen) atoms. The highest BCUT2D eigenvalue weighted by molar-refractivity contribution is 6.30. The fourth-order valence-corrected chi connectivity index (χ4v) is 1.81. The summed E-state index contributed by atoms with van der Waals surface area (Å²) in [4.78, 5) is 0. The van der Waals surface area contributed by atoms with Gasteiger partial charge < -0.3 is 10.1 Å². The third kappa shape index (κ3) is 2.27. The number of morpholine rings is 1. The van der Waals surface area contributed by atoms with Gasteiger partial charge in [0.2, 0.25) is 0 Å². The molecule has 3 heteroatoms. The average Bonchev–Trinajstić information content (AvgIpc) is 2.19. The molecule has 1 heterocycles. The van der Waals surface area contributed by atoms with Crippen molar-refractivity contribution >= 4 is 11.6 Å². The molecule has 1 aliphatic rings. The van der Waals surface area contributed by atoms with Crippen LogP contribution < -0.4 is 5.32 Å². The van der Waals surface area contributed by atoms with Crippen LogP contribution in [0.4, 0.5) is 0 Å². The fraction of sp³-hybridized carbons (Fsp3) is 0.455. The van der Waals surface area contributed by atoms with Crippen molar-refractivity contribution in [2.45, 2.75) is 19.1 Å². The van der Waals surface area contributed by atoms with E-state index < -0.39 is 0 Å². The summed E-state index contributed by atoms with van der Waals surface area (Å²) in [6.07, 6.45) is 0.143. The predicted octanol–water partition coefficient (Wildman–Crippen LogP) is 2.39. The van der Waals surface area contributed by atoms with E-state index in [1.807, 2.05) is 24.3 Å². The fourth-order valence-electron chi connectivity index (χ4n) is 1.61. The Balaban J connectivity index is 2.08. The molecule has 0 radical (unpaired) electrons. The van der Waals surface area contributed by atoms with Gasteiger partial charge in [0.15, 0.2) is 0 Å². The largest absolute Gasteiger partial charge is 0.371 e. The lowest BCUT2D eigenvalue weighted by atomic mass is 10.1. The van der Waals surface area contributed by atoms with E-state index in [1.165, 1.54) is 0 Å². The molecule has 2 atom stereocenters. The summed E-state index contributed by atoms with van der Waals surface area (Å²) in [5.41, 5.74) is 1.15. The Hall–Kier alpha value is -0.570. The number of hydrogen-bond donors (Lipinski definition) is 1. The van der Waals surface area contributed by atoms with Crippen LogP contribution in [0.2, 0.25) is 5.02 Å². The Labute approximate surface area is 89.2 Å². The van der Waals surface area contributed by atoms with Gasteiger partial charge in [0.25, 0.3) is 0 Å². The van der Waals surface area contributed by atoms with Crippen molar-refractivity contribution in [1.29, 1.82) is 0 Å². The lowest BCUT2D eigenvalue weighted by Gasteiger charge is -2.28. The number of ether oxygens (including phenoxy) is 1. The highest BCUT2D eigenvalue weighted by Gasteiger charge is 2.19. The van der Waals surface area contributed by atoms with E-state index >= 15 is 0 Å². The summed E-state index contributed by atoms with van der Waals surface area (Å²) >= 11 is 5.92. The molecule has 1 aromatic rings. The monoisotopic (exact) mass is 211 g/mol. The highest BCUT2D eigenvalue weighted by Crippen LogP contribution is 2.22. The lowest BCUT2D eigenvalue weighted by Crippen LogP contribution is -2.40. The minimum atomic E-state index is 0.143. The molecule has 1 fully saturated rings. The van der Waals surface area contributed by atoms with Gasteiger partial charge in [-0.2, -0.15) is 0 Å². The molecule has 76 valence electrons. The van der Waals surface area contributed by atoms with Crippen molar-refractivity contribution in [1.82, 2.24) is 5.32 Å². The van der Waals surface area contributed by atoms with Crippen molar-refractivity contribution in [2.75, 3.05) is 13.2 Å². The molecular formula is C11H14ClNO. The molecule has 0 aliphatic carbocycles. The summed E-state index contributed by atoms with van der Waals surface area (Å²) in [7, 11) is 0. The average molecular weight is 212 g/mol. The number of nitrogens with one attached hydrogen (secondary N) is 1. The highest BCUT2D eigenvalue weighted by atomic mass is 35.5. The number of benzene rings is 1. The van der Waals surface area contributed by atoms with E-state index in [0.717, 1.165) is 23.7 Å². The van der Waals surface area contributed by atoms with Crippen LogP contribution in [0.1, 0.15) is 18.6 Å². The molecule has 0 bridgehead atoms. The lowest BCUT2D eigenvalue weighted by molar-refractivity contribution is 0.00696. The molecule has 0 amide bonds. The maximum Gasteiger partial charge on any atom is 0.0950 e. The van der Waals surface area contributed by atoms with E-state index in [2.05, 4.69) is 12.2 Å². The first kappa shape index (κ1) is 9.97. The molecule has 0 spiro atoms. The molecule has 0 unspecified atom stereocenters. The van der Waals surface area contributed by atoms with E-state index in [-0.39, 0.29) is 6.10 Å². The van der Waals surface area contributed by atoms with Gasteiger partial charge in [0.05, 0.1) is 12.7 Å². The summed E-state index contributed by atoms with van der Waals surface area (Å²) in [5, 5.41) is 4.15. The Kier molecular flexibility index (Phi) is 3.06. The topological polar surface area (TPSA) is 21.3 Å². The van der Waals surface area contributed by atoms with Crippen LogP contribution in [-0.2, 0) is 4.74 Å². The van der Waals surface area contributed by atoms with Gasteiger partial charge in [-0.05, 0) is 24.6 Å². The minimum Gasteiger partial charge on any atom is -0.371 e. The Morgan fingerprint density at radius 1 is 1.50 bits per heavy atom. The van der Waals surface area contributed by atoms with Crippen LogP contribution >= 0.6 is 11.6 Å². The maximum atomic E-state index is 5.92. The van der Waals surface area contributed by atoms with Crippen molar-refractivity contribution < 1.29 is 4.74 Å². The van der Waals surface area contributed by atoms with Crippen LogP contribution in [0.15, 0.2) is 24.3 Å². The second kappa shape index (κ2) is 4.30. The van der Waals surface area contributed by atoms with Gasteiger partial charge in [0, 0.05) is 17.6 Å². The van der Waals surface area contributed by atoms with Crippen LogP contribution in [0.3, 0.4) is 0 Å². The first-order valence-corrected chi connectivity index (χ1v) is 5.24. The Morgan fingerprint density at radius 3 is 3.00 bits per heavy atom. The molecule has 0 aromatic heterocycles. The van der Waals surface area contributed by atoms with Crippen LogP contribution in [0, 0.1) is 0 Å². The molecule has 1 N–H and O–H groups in total. The predicted molar refractivity (Wildman–Crippen MR) is 57.6 cm³/mol. The molecular weight excluding hydrogens is 198 g/mol. The number of halogens is 1. The third-order valence-electron chi connectivity index (χ3n) is 2.42. The van der Waals surface area contributed by atoms with E-state index in [0.29, 0.717) is 6.04 Å². The van der Waals surface area contributed by atoms with Crippen LogP contribution in [-0.4, -0.2) is 19.2 Å². The van der Waals surface area contributed by atoms with Gasteiger partial charge in [-0.15, -0.1) is 0 Å². The first-order valence-electron chi connectivity index (χ1n) is 4.86. The summed E-state index contributed by atoms with van der Waals surface area (Å²) < 4.78 is 5.71. The molecule has 1 aromatic carbocycles. The van der Waals surface area contributed by atoms with Crippen molar-refractivity contribution in [3.63, 3.8) is 0 Å². The smallest absolute Gasteiger partial charge is 0.0950 e. The number of rotatable bonds is 1. The second-order valence-corrected chi connectivity index (χ2v) is 4.12. The van der Waals surface area contributed by atoms with Gasteiger partial charge in [-0.1, -0.05) is 23.7 Å². The van der Waals surface area contributed by atoms with Crippen molar-refractivity contribution in [2.24, 2.45) is 0 Å². The summed E-state index contributed by atoms with van der Waals surface area (Å²) in [6.45, 7) is 3.74. The second-order valence-electron chi connectivity index (χ2n) is 3.69. The van der Waals surface area contributed by atoms with Gasteiger partial charge in [0.1, 0.15) is 0 Å².